The molecule has 0 bridgehead atoms. The summed E-state index contributed by atoms with van der Waals surface area (Å²) in [6.45, 7) is 0.870. The average molecular weight is 273 g/mol. The number of para-hydroxylation sites is 1. The summed E-state index contributed by atoms with van der Waals surface area (Å²) in [7, 11) is 0. The average Bonchev–Trinajstić information content (AvgIpc) is 2.46. The molecule has 98 valence electrons. The van der Waals surface area contributed by atoms with Crippen LogP contribution in [0.25, 0.3) is 10.9 Å². The van der Waals surface area contributed by atoms with Crippen molar-refractivity contribution in [1.29, 1.82) is 0 Å². The van der Waals surface area contributed by atoms with E-state index in [1.54, 1.807) is 18.1 Å². The van der Waals surface area contributed by atoms with Gasteiger partial charge in [0.15, 0.2) is 0 Å². The lowest BCUT2D eigenvalue weighted by atomic mass is 10.1. The Bertz CT molecular complexity index is 597. The Morgan fingerprint density at radius 1 is 1.21 bits per heavy atom. The molecule has 0 atom stereocenters. The van der Waals surface area contributed by atoms with Crippen molar-refractivity contribution in [3.63, 3.8) is 0 Å². The summed E-state index contributed by atoms with van der Waals surface area (Å²) in [5, 5.41) is 2.00. The largest absolute Gasteiger partial charge is 0.333 e. The molecule has 0 aliphatic carbocycles. The van der Waals surface area contributed by atoms with Crippen LogP contribution in [0.15, 0.2) is 35.6 Å². The fourth-order valence-electron chi connectivity index (χ4n) is 2.23. The number of carbonyl (C=O) groups is 1. The van der Waals surface area contributed by atoms with Gasteiger partial charge in [0.05, 0.1) is 11.4 Å². The molecular formula is C14H15N3OS. The minimum atomic E-state index is 0.261. The van der Waals surface area contributed by atoms with E-state index in [1.165, 1.54) is 0 Å². The maximum absolute atomic E-state index is 11.8. The number of aromatic nitrogens is 2. The van der Waals surface area contributed by atoms with E-state index >= 15 is 0 Å². The van der Waals surface area contributed by atoms with E-state index in [2.05, 4.69) is 9.97 Å². The molecule has 2 aromatic rings. The van der Waals surface area contributed by atoms with Crippen LogP contribution in [0.4, 0.5) is 0 Å². The van der Waals surface area contributed by atoms with E-state index in [4.69, 9.17) is 0 Å². The number of hydrogen-bond donors (Lipinski definition) is 0. The Labute approximate surface area is 116 Å². The van der Waals surface area contributed by atoms with Crippen LogP contribution in [0.1, 0.15) is 19.3 Å². The highest BCUT2D eigenvalue weighted by Gasteiger charge is 2.18. The van der Waals surface area contributed by atoms with Gasteiger partial charge in [-0.1, -0.05) is 30.0 Å². The highest BCUT2D eigenvalue weighted by atomic mass is 32.2. The lowest BCUT2D eigenvalue weighted by Gasteiger charge is -2.26. The van der Waals surface area contributed by atoms with Crippen molar-refractivity contribution in [3.05, 3.63) is 30.6 Å². The van der Waals surface area contributed by atoms with E-state index in [-0.39, 0.29) is 5.91 Å². The summed E-state index contributed by atoms with van der Waals surface area (Å²) in [5.74, 6) is 0.942. The quantitative estimate of drug-likeness (QED) is 0.637. The van der Waals surface area contributed by atoms with Crippen molar-refractivity contribution in [3.8, 4) is 0 Å². The van der Waals surface area contributed by atoms with Crippen molar-refractivity contribution in [2.75, 3.05) is 12.4 Å². The van der Waals surface area contributed by atoms with Crippen LogP contribution in [0, 0.1) is 0 Å². The standard InChI is InChI=1S/C14H15N3OS/c18-13-7-3-4-8-17(13)10-19-14-11-5-1-2-6-12(11)15-9-16-14/h1-2,5-6,9H,3-4,7-8,10H2. The van der Waals surface area contributed by atoms with Crippen molar-refractivity contribution in [2.24, 2.45) is 0 Å². The second-order valence-corrected chi connectivity index (χ2v) is 5.52. The number of nitrogens with zero attached hydrogens (tertiary/aromatic N) is 3. The summed E-state index contributed by atoms with van der Waals surface area (Å²) in [6.07, 6.45) is 4.40. The monoisotopic (exact) mass is 273 g/mol. The number of thioether (sulfide) groups is 1. The van der Waals surface area contributed by atoms with Gasteiger partial charge >= 0.3 is 0 Å². The summed E-state index contributed by atoms with van der Waals surface area (Å²) in [5.41, 5.74) is 0.949. The Morgan fingerprint density at radius 3 is 3.00 bits per heavy atom. The normalized spacial score (nSPS) is 16.0. The van der Waals surface area contributed by atoms with E-state index in [1.807, 2.05) is 29.2 Å². The van der Waals surface area contributed by atoms with E-state index in [0.717, 1.165) is 35.3 Å². The topological polar surface area (TPSA) is 46.1 Å². The van der Waals surface area contributed by atoms with Crippen molar-refractivity contribution < 1.29 is 4.79 Å². The SMILES string of the molecule is O=C1CCCCN1CSc1ncnc2ccccc12. The Kier molecular flexibility index (Phi) is 3.64. The van der Waals surface area contributed by atoms with Crippen LogP contribution >= 0.6 is 11.8 Å². The number of rotatable bonds is 3. The van der Waals surface area contributed by atoms with Crippen LogP contribution in [-0.4, -0.2) is 33.2 Å². The van der Waals surface area contributed by atoms with Gasteiger partial charge in [0.2, 0.25) is 5.91 Å². The van der Waals surface area contributed by atoms with E-state index < -0.39 is 0 Å². The van der Waals surface area contributed by atoms with Crippen LogP contribution in [0.5, 0.6) is 0 Å². The molecule has 19 heavy (non-hydrogen) atoms. The van der Waals surface area contributed by atoms with Crippen LogP contribution < -0.4 is 0 Å². The Hall–Kier alpha value is -1.62. The number of amides is 1. The first-order valence-corrected chi connectivity index (χ1v) is 7.43. The minimum absolute atomic E-state index is 0.261. The van der Waals surface area contributed by atoms with Gasteiger partial charge in [-0.2, -0.15) is 0 Å². The molecule has 0 saturated carbocycles. The lowest BCUT2D eigenvalue weighted by Crippen LogP contribution is -2.34. The number of benzene rings is 1. The van der Waals surface area contributed by atoms with Crippen molar-refractivity contribution in [2.45, 2.75) is 24.3 Å². The summed E-state index contributed by atoms with van der Waals surface area (Å²) in [4.78, 5) is 22.3. The second-order valence-electron chi connectivity index (χ2n) is 4.58. The highest BCUT2D eigenvalue weighted by molar-refractivity contribution is 7.99. The fraction of sp³-hybridized carbons (Fsp3) is 0.357. The molecule has 1 saturated heterocycles. The highest BCUT2D eigenvalue weighted by Crippen LogP contribution is 2.25. The van der Waals surface area contributed by atoms with E-state index in [0.29, 0.717) is 12.3 Å². The first kappa shape index (κ1) is 12.4. The summed E-state index contributed by atoms with van der Waals surface area (Å²) >= 11 is 1.61. The van der Waals surface area contributed by atoms with Gasteiger partial charge in [-0.15, -0.1) is 0 Å². The van der Waals surface area contributed by atoms with Crippen molar-refractivity contribution in [1.82, 2.24) is 14.9 Å². The van der Waals surface area contributed by atoms with Crippen LogP contribution in [0.2, 0.25) is 0 Å². The Balaban J connectivity index is 1.76. The molecule has 0 unspecified atom stereocenters. The third-order valence-corrected chi connectivity index (χ3v) is 4.32. The smallest absolute Gasteiger partial charge is 0.223 e. The van der Waals surface area contributed by atoms with E-state index in [9.17, 15) is 4.79 Å². The zero-order valence-corrected chi connectivity index (χ0v) is 11.4. The number of likely N-dealkylation sites (tertiary alicyclic amines) is 1. The molecule has 0 radical (unpaired) electrons. The molecule has 1 aromatic heterocycles. The van der Waals surface area contributed by atoms with Gasteiger partial charge in [-0.25, -0.2) is 9.97 Å². The molecule has 1 aliphatic heterocycles. The first-order valence-electron chi connectivity index (χ1n) is 6.45. The molecule has 1 aromatic carbocycles. The molecule has 2 heterocycles. The fourth-order valence-corrected chi connectivity index (χ4v) is 3.23. The van der Waals surface area contributed by atoms with Gasteiger partial charge in [-0.05, 0) is 18.9 Å². The zero-order valence-electron chi connectivity index (χ0n) is 10.6. The number of hydrogen-bond acceptors (Lipinski definition) is 4. The third-order valence-electron chi connectivity index (χ3n) is 3.28. The third kappa shape index (κ3) is 2.71. The molecular weight excluding hydrogens is 258 g/mol. The number of piperidine rings is 1. The molecule has 0 spiro atoms. The molecule has 0 N–H and O–H groups in total. The van der Waals surface area contributed by atoms with Gasteiger partial charge in [0.25, 0.3) is 0 Å². The molecule has 5 heteroatoms. The summed E-state index contributed by atoms with van der Waals surface area (Å²) < 4.78 is 0. The maximum atomic E-state index is 11.8. The van der Waals surface area contributed by atoms with Gasteiger partial charge < -0.3 is 4.90 Å². The van der Waals surface area contributed by atoms with Crippen LogP contribution in [0.3, 0.4) is 0 Å². The predicted molar refractivity (Wildman–Crippen MR) is 75.8 cm³/mol. The van der Waals surface area contributed by atoms with Gasteiger partial charge in [-0.3, -0.25) is 4.79 Å². The van der Waals surface area contributed by atoms with Gasteiger partial charge in [0, 0.05) is 18.4 Å². The second kappa shape index (κ2) is 5.57. The Morgan fingerprint density at radius 2 is 2.11 bits per heavy atom. The molecule has 3 rings (SSSR count). The molecule has 4 nitrogen and oxygen atoms in total. The van der Waals surface area contributed by atoms with Crippen LogP contribution in [-0.2, 0) is 4.79 Å². The molecule has 1 fully saturated rings. The molecule has 1 amide bonds. The maximum Gasteiger partial charge on any atom is 0.223 e. The number of carbonyl (C=O) groups excluding carboxylic acids is 1. The van der Waals surface area contributed by atoms with Gasteiger partial charge in [0.1, 0.15) is 11.4 Å². The summed E-state index contributed by atoms with van der Waals surface area (Å²) in [6, 6.07) is 7.96. The lowest BCUT2D eigenvalue weighted by molar-refractivity contribution is -0.132. The van der Waals surface area contributed by atoms with Crippen molar-refractivity contribution >= 4 is 28.6 Å². The minimum Gasteiger partial charge on any atom is -0.333 e. The molecule has 1 aliphatic rings. The first-order chi connectivity index (χ1) is 9.34. The zero-order chi connectivity index (χ0) is 13.1. The number of fused-ring (bicyclic) bond motifs is 1. The predicted octanol–water partition coefficient (Wildman–Crippen LogP) is 2.69.